The number of nitrogens with one attached hydrogen (secondary N) is 1. The summed E-state index contributed by atoms with van der Waals surface area (Å²) in [5.41, 5.74) is 1.36. The third-order valence-corrected chi connectivity index (χ3v) is 4.66. The summed E-state index contributed by atoms with van der Waals surface area (Å²) in [5, 5.41) is 6.04. The third-order valence-electron chi connectivity index (χ3n) is 4.16. The van der Waals surface area contributed by atoms with E-state index >= 15 is 0 Å². The highest BCUT2D eigenvalue weighted by Gasteiger charge is 2.24. The Labute approximate surface area is 128 Å². The molecular weight excluding hydrogens is 314 g/mol. The van der Waals surface area contributed by atoms with Gasteiger partial charge in [-0.3, -0.25) is 0 Å². The minimum atomic E-state index is 0.378. The molecule has 0 saturated carbocycles. The van der Waals surface area contributed by atoms with E-state index in [1.807, 2.05) is 7.05 Å². The third kappa shape index (κ3) is 2.90. The highest BCUT2D eigenvalue weighted by molar-refractivity contribution is 9.10. The lowest BCUT2D eigenvalue weighted by Gasteiger charge is -2.30. The van der Waals surface area contributed by atoms with E-state index in [-0.39, 0.29) is 0 Å². The minimum Gasteiger partial charge on any atom is -0.381 e. The highest BCUT2D eigenvalue weighted by atomic mass is 79.9. The Morgan fingerprint density at radius 3 is 2.75 bits per heavy atom. The summed E-state index contributed by atoms with van der Waals surface area (Å²) in [5.74, 6) is 0.571. The van der Waals surface area contributed by atoms with Crippen LogP contribution in [0, 0.1) is 5.92 Å². The van der Waals surface area contributed by atoms with Gasteiger partial charge in [-0.15, -0.1) is 0 Å². The van der Waals surface area contributed by atoms with Gasteiger partial charge < -0.3 is 10.1 Å². The molecule has 0 aliphatic carbocycles. The molecule has 1 heterocycles. The molecule has 3 rings (SSSR count). The largest absolute Gasteiger partial charge is 0.381 e. The summed E-state index contributed by atoms with van der Waals surface area (Å²) in [6.07, 6.45) is 2.41. The molecule has 106 valence electrons. The van der Waals surface area contributed by atoms with Crippen LogP contribution in [-0.2, 0) is 4.74 Å². The molecule has 0 radical (unpaired) electrons. The van der Waals surface area contributed by atoms with E-state index in [0.717, 1.165) is 17.7 Å². The zero-order valence-corrected chi connectivity index (χ0v) is 13.3. The fraction of sp³-hybridized carbons (Fsp3) is 0.412. The SMILES string of the molecule is CNC(c1ccc2cc(Br)ccc2c1)C1CCCOC1. The molecule has 3 heteroatoms. The molecule has 2 aromatic carbocycles. The topological polar surface area (TPSA) is 21.3 Å². The zero-order chi connectivity index (χ0) is 13.9. The molecule has 2 atom stereocenters. The van der Waals surface area contributed by atoms with Crippen LogP contribution in [0.1, 0.15) is 24.4 Å². The lowest BCUT2D eigenvalue weighted by atomic mass is 9.88. The molecule has 0 aromatic heterocycles. The average Bonchev–Trinajstić information content (AvgIpc) is 2.49. The number of benzene rings is 2. The highest BCUT2D eigenvalue weighted by Crippen LogP contribution is 2.31. The van der Waals surface area contributed by atoms with Gasteiger partial charge in [-0.25, -0.2) is 0 Å². The van der Waals surface area contributed by atoms with Crippen LogP contribution in [0.2, 0.25) is 0 Å². The maximum atomic E-state index is 5.64. The van der Waals surface area contributed by atoms with Gasteiger partial charge in [0.25, 0.3) is 0 Å². The van der Waals surface area contributed by atoms with E-state index in [1.54, 1.807) is 0 Å². The van der Waals surface area contributed by atoms with E-state index in [1.165, 1.54) is 29.2 Å². The summed E-state index contributed by atoms with van der Waals surface area (Å²) in [6.45, 7) is 1.78. The number of ether oxygens (including phenoxy) is 1. The van der Waals surface area contributed by atoms with Gasteiger partial charge in [-0.05, 0) is 54.4 Å². The van der Waals surface area contributed by atoms with Gasteiger partial charge in [0.2, 0.25) is 0 Å². The quantitative estimate of drug-likeness (QED) is 0.904. The predicted molar refractivity (Wildman–Crippen MR) is 87.0 cm³/mol. The maximum Gasteiger partial charge on any atom is 0.0512 e. The van der Waals surface area contributed by atoms with Gasteiger partial charge in [0.15, 0.2) is 0 Å². The van der Waals surface area contributed by atoms with Gasteiger partial charge in [-0.1, -0.05) is 34.1 Å². The van der Waals surface area contributed by atoms with E-state index in [4.69, 9.17) is 4.74 Å². The summed E-state index contributed by atoms with van der Waals surface area (Å²) >= 11 is 3.53. The molecule has 1 fully saturated rings. The molecular formula is C17H20BrNO. The van der Waals surface area contributed by atoms with Crippen molar-refractivity contribution in [3.63, 3.8) is 0 Å². The Morgan fingerprint density at radius 1 is 1.20 bits per heavy atom. The molecule has 20 heavy (non-hydrogen) atoms. The van der Waals surface area contributed by atoms with Crippen molar-refractivity contribution in [3.8, 4) is 0 Å². The van der Waals surface area contributed by atoms with E-state index in [9.17, 15) is 0 Å². The van der Waals surface area contributed by atoms with Crippen LogP contribution in [0.25, 0.3) is 10.8 Å². The standard InChI is InChI=1S/C17H20BrNO/c1-19-17(15-3-2-8-20-11-15)14-5-4-13-10-16(18)7-6-12(13)9-14/h4-7,9-10,15,17,19H,2-3,8,11H2,1H3. The first-order valence-electron chi connectivity index (χ1n) is 7.22. The molecule has 2 aromatic rings. The molecule has 0 amide bonds. The van der Waals surface area contributed by atoms with Crippen LogP contribution in [0.5, 0.6) is 0 Å². The number of hydrogen-bond acceptors (Lipinski definition) is 2. The summed E-state index contributed by atoms with van der Waals surface area (Å²) in [7, 11) is 2.05. The normalized spacial score (nSPS) is 21.0. The average molecular weight is 334 g/mol. The van der Waals surface area contributed by atoms with Crippen LogP contribution in [0.4, 0.5) is 0 Å². The van der Waals surface area contributed by atoms with Crippen LogP contribution in [0.15, 0.2) is 40.9 Å². The Kier molecular flexibility index (Phi) is 4.39. The second kappa shape index (κ2) is 6.25. The van der Waals surface area contributed by atoms with Gasteiger partial charge in [-0.2, -0.15) is 0 Å². The molecule has 1 N–H and O–H groups in total. The maximum absolute atomic E-state index is 5.64. The van der Waals surface area contributed by atoms with Crippen LogP contribution in [0.3, 0.4) is 0 Å². The summed E-state index contributed by atoms with van der Waals surface area (Å²) in [4.78, 5) is 0. The molecule has 2 unspecified atom stereocenters. The van der Waals surface area contributed by atoms with E-state index in [0.29, 0.717) is 12.0 Å². The molecule has 0 bridgehead atoms. The molecule has 0 spiro atoms. The van der Waals surface area contributed by atoms with Crippen molar-refractivity contribution >= 4 is 26.7 Å². The monoisotopic (exact) mass is 333 g/mol. The second-order valence-corrected chi connectivity index (χ2v) is 6.41. The fourth-order valence-electron chi connectivity index (χ4n) is 3.13. The molecule has 2 nitrogen and oxygen atoms in total. The van der Waals surface area contributed by atoms with Crippen molar-refractivity contribution in [1.82, 2.24) is 5.32 Å². The predicted octanol–water partition coefficient (Wildman–Crippen LogP) is 4.29. The minimum absolute atomic E-state index is 0.378. The zero-order valence-electron chi connectivity index (χ0n) is 11.7. The van der Waals surface area contributed by atoms with Crippen molar-refractivity contribution in [3.05, 3.63) is 46.4 Å². The lowest BCUT2D eigenvalue weighted by Crippen LogP contribution is -2.31. The number of rotatable bonds is 3. The number of fused-ring (bicyclic) bond motifs is 1. The van der Waals surface area contributed by atoms with Gasteiger partial charge in [0, 0.05) is 23.0 Å². The Morgan fingerprint density at radius 2 is 2.00 bits per heavy atom. The number of hydrogen-bond donors (Lipinski definition) is 1. The van der Waals surface area contributed by atoms with Gasteiger partial charge in [0.05, 0.1) is 6.61 Å². The smallest absolute Gasteiger partial charge is 0.0512 e. The first-order chi connectivity index (χ1) is 9.78. The summed E-state index contributed by atoms with van der Waals surface area (Å²) < 4.78 is 6.77. The van der Waals surface area contributed by atoms with Gasteiger partial charge in [0.1, 0.15) is 0 Å². The summed E-state index contributed by atoms with van der Waals surface area (Å²) in [6, 6.07) is 13.6. The number of halogens is 1. The second-order valence-electron chi connectivity index (χ2n) is 5.49. The van der Waals surface area contributed by atoms with E-state index < -0.39 is 0 Å². The molecule has 1 aliphatic heterocycles. The van der Waals surface area contributed by atoms with E-state index in [2.05, 4.69) is 57.6 Å². The van der Waals surface area contributed by atoms with Crippen molar-refractivity contribution < 1.29 is 4.74 Å². The Balaban J connectivity index is 1.92. The Bertz CT molecular complexity index is 593. The van der Waals surface area contributed by atoms with Crippen molar-refractivity contribution in [2.75, 3.05) is 20.3 Å². The van der Waals surface area contributed by atoms with Crippen molar-refractivity contribution in [2.24, 2.45) is 5.92 Å². The van der Waals surface area contributed by atoms with Crippen molar-refractivity contribution in [2.45, 2.75) is 18.9 Å². The van der Waals surface area contributed by atoms with Gasteiger partial charge >= 0.3 is 0 Å². The molecule has 1 aliphatic rings. The Hall–Kier alpha value is -0.900. The van der Waals surface area contributed by atoms with Crippen LogP contribution >= 0.6 is 15.9 Å². The van der Waals surface area contributed by atoms with Crippen LogP contribution in [-0.4, -0.2) is 20.3 Å². The fourth-order valence-corrected chi connectivity index (χ4v) is 3.51. The van der Waals surface area contributed by atoms with Crippen molar-refractivity contribution in [1.29, 1.82) is 0 Å². The lowest BCUT2D eigenvalue weighted by molar-refractivity contribution is 0.0402. The molecule has 1 saturated heterocycles. The van der Waals surface area contributed by atoms with Crippen LogP contribution < -0.4 is 5.32 Å². The first kappa shape index (κ1) is 14.1. The first-order valence-corrected chi connectivity index (χ1v) is 8.01.